The van der Waals surface area contributed by atoms with Crippen molar-refractivity contribution in [2.75, 3.05) is 5.32 Å². The topological polar surface area (TPSA) is 167 Å². The van der Waals surface area contributed by atoms with Crippen molar-refractivity contribution in [3.8, 4) is 0 Å². The van der Waals surface area contributed by atoms with Crippen LogP contribution in [0.3, 0.4) is 0 Å². The molecule has 2 aromatic rings. The Hall–Kier alpha value is -3.15. The molecule has 2 aromatic carbocycles. The third-order valence-corrected chi connectivity index (χ3v) is 5.32. The van der Waals surface area contributed by atoms with Gasteiger partial charge in [-0.2, -0.15) is 21.8 Å². The monoisotopic (exact) mass is 438 g/mol. The van der Waals surface area contributed by atoms with Gasteiger partial charge in [-0.15, -0.1) is 0 Å². The molecule has 0 radical (unpaired) electrons. The summed E-state index contributed by atoms with van der Waals surface area (Å²) in [4.78, 5) is 23.6. The highest BCUT2D eigenvalue weighted by Crippen LogP contribution is 2.26. The van der Waals surface area contributed by atoms with E-state index in [4.69, 9.17) is 0 Å². The number of carbonyl (C=O) groups is 1. The van der Waals surface area contributed by atoms with E-state index in [0.717, 1.165) is 12.1 Å². The SMILES string of the molecule is CC(=O)Nc1ccc(/C=C/c2ccc(N=C=O)cc2S(=O)(=O)O)c(S(=O)(=O)O)c1. The minimum absolute atomic E-state index is 0.0159. The van der Waals surface area contributed by atoms with E-state index in [-0.39, 0.29) is 22.5 Å². The van der Waals surface area contributed by atoms with Crippen LogP contribution in [-0.4, -0.2) is 37.9 Å². The smallest absolute Gasteiger partial charge is 0.295 e. The van der Waals surface area contributed by atoms with Crippen molar-refractivity contribution in [1.29, 1.82) is 0 Å². The number of benzene rings is 2. The number of carbonyl (C=O) groups excluding carboxylic acids is 2. The number of aliphatic imine (C=N–C) groups is 1. The molecular formula is C17H14N2O8S2. The van der Waals surface area contributed by atoms with Gasteiger partial charge in [-0.25, -0.2) is 4.79 Å². The number of isocyanates is 1. The normalized spacial score (nSPS) is 11.8. The van der Waals surface area contributed by atoms with Gasteiger partial charge in [0.05, 0.1) is 5.69 Å². The van der Waals surface area contributed by atoms with E-state index in [9.17, 15) is 35.5 Å². The highest BCUT2D eigenvalue weighted by atomic mass is 32.2. The summed E-state index contributed by atoms with van der Waals surface area (Å²) in [7, 11) is -9.37. The van der Waals surface area contributed by atoms with Gasteiger partial charge < -0.3 is 5.32 Å². The molecule has 0 aliphatic rings. The van der Waals surface area contributed by atoms with Crippen LogP contribution in [0, 0.1) is 0 Å². The fourth-order valence-corrected chi connectivity index (χ4v) is 3.78. The van der Waals surface area contributed by atoms with Gasteiger partial charge in [-0.1, -0.05) is 24.3 Å². The van der Waals surface area contributed by atoms with E-state index in [1.54, 1.807) is 0 Å². The van der Waals surface area contributed by atoms with E-state index in [0.29, 0.717) is 0 Å². The quantitative estimate of drug-likeness (QED) is 0.267. The Morgan fingerprint density at radius 2 is 1.48 bits per heavy atom. The fraction of sp³-hybridized carbons (Fsp3) is 0.0588. The van der Waals surface area contributed by atoms with Gasteiger partial charge in [0.2, 0.25) is 12.0 Å². The van der Waals surface area contributed by atoms with Crippen LogP contribution in [0.4, 0.5) is 11.4 Å². The lowest BCUT2D eigenvalue weighted by Crippen LogP contribution is -2.08. The minimum Gasteiger partial charge on any atom is -0.326 e. The van der Waals surface area contributed by atoms with E-state index in [1.165, 1.54) is 49.4 Å². The van der Waals surface area contributed by atoms with E-state index < -0.39 is 35.9 Å². The first-order valence-electron chi connectivity index (χ1n) is 7.68. The second-order valence-electron chi connectivity index (χ2n) is 5.64. The second-order valence-corrected chi connectivity index (χ2v) is 8.42. The molecule has 3 N–H and O–H groups in total. The largest absolute Gasteiger partial charge is 0.326 e. The summed E-state index contributed by atoms with van der Waals surface area (Å²) in [6, 6.07) is 7.13. The Labute approximate surface area is 166 Å². The summed E-state index contributed by atoms with van der Waals surface area (Å²) >= 11 is 0. The summed E-state index contributed by atoms with van der Waals surface area (Å²) in [6.45, 7) is 1.22. The minimum atomic E-state index is -4.69. The lowest BCUT2D eigenvalue weighted by atomic mass is 10.1. The maximum atomic E-state index is 11.7. The first-order valence-corrected chi connectivity index (χ1v) is 10.6. The van der Waals surface area contributed by atoms with Gasteiger partial charge in [0, 0.05) is 12.6 Å². The van der Waals surface area contributed by atoms with Crippen LogP contribution in [0.5, 0.6) is 0 Å². The van der Waals surface area contributed by atoms with Crippen molar-refractivity contribution in [3.05, 3.63) is 47.5 Å². The van der Waals surface area contributed by atoms with Crippen molar-refractivity contribution in [3.63, 3.8) is 0 Å². The highest BCUT2D eigenvalue weighted by molar-refractivity contribution is 7.86. The first kappa shape index (κ1) is 22.1. The van der Waals surface area contributed by atoms with Gasteiger partial charge in [0.15, 0.2) is 0 Å². The third-order valence-electron chi connectivity index (χ3n) is 3.50. The molecule has 0 unspecified atom stereocenters. The number of amides is 1. The molecule has 0 aliphatic carbocycles. The molecule has 0 heterocycles. The molecule has 0 aromatic heterocycles. The predicted octanol–water partition coefficient (Wildman–Crippen LogP) is 2.28. The van der Waals surface area contributed by atoms with E-state index in [2.05, 4.69) is 10.3 Å². The number of hydrogen-bond acceptors (Lipinski definition) is 7. The third kappa shape index (κ3) is 5.91. The van der Waals surface area contributed by atoms with Gasteiger partial charge in [0.25, 0.3) is 20.2 Å². The van der Waals surface area contributed by atoms with E-state index in [1.807, 2.05) is 0 Å². The fourth-order valence-electron chi connectivity index (χ4n) is 2.36. The Morgan fingerprint density at radius 3 is 1.97 bits per heavy atom. The van der Waals surface area contributed by atoms with Crippen molar-refractivity contribution in [1.82, 2.24) is 0 Å². The first-order chi connectivity index (χ1) is 13.4. The average molecular weight is 438 g/mol. The maximum absolute atomic E-state index is 11.7. The molecule has 2 rings (SSSR count). The van der Waals surface area contributed by atoms with Gasteiger partial charge in [-0.05, 0) is 35.4 Å². The zero-order valence-electron chi connectivity index (χ0n) is 14.7. The Kier molecular flexibility index (Phi) is 6.47. The average Bonchev–Trinajstić information content (AvgIpc) is 2.59. The zero-order valence-corrected chi connectivity index (χ0v) is 16.4. The molecule has 0 bridgehead atoms. The van der Waals surface area contributed by atoms with Crippen molar-refractivity contribution >= 4 is 55.8 Å². The molecular weight excluding hydrogens is 424 g/mol. The molecule has 0 atom stereocenters. The highest BCUT2D eigenvalue weighted by Gasteiger charge is 2.17. The summed E-state index contributed by atoms with van der Waals surface area (Å²) < 4.78 is 65.4. The van der Waals surface area contributed by atoms with Crippen LogP contribution in [0.15, 0.2) is 51.2 Å². The van der Waals surface area contributed by atoms with Crippen LogP contribution in [-0.2, 0) is 29.8 Å². The number of hydrogen-bond donors (Lipinski definition) is 3. The Morgan fingerprint density at radius 1 is 0.966 bits per heavy atom. The molecule has 10 nitrogen and oxygen atoms in total. The lowest BCUT2D eigenvalue weighted by molar-refractivity contribution is -0.114. The number of nitrogens with one attached hydrogen (secondary N) is 1. The molecule has 29 heavy (non-hydrogen) atoms. The summed E-state index contributed by atoms with van der Waals surface area (Å²) in [5, 5.41) is 2.37. The summed E-state index contributed by atoms with van der Waals surface area (Å²) in [5.74, 6) is -0.453. The van der Waals surface area contributed by atoms with Crippen LogP contribution in [0.25, 0.3) is 12.2 Å². The summed E-state index contributed by atoms with van der Waals surface area (Å²) in [5.41, 5.74) is 0.00231. The summed E-state index contributed by atoms with van der Waals surface area (Å²) in [6.07, 6.45) is 3.61. The van der Waals surface area contributed by atoms with Crippen molar-refractivity contribution in [2.24, 2.45) is 4.99 Å². The van der Waals surface area contributed by atoms with Gasteiger partial charge >= 0.3 is 0 Å². The molecule has 152 valence electrons. The Bertz CT molecular complexity index is 1260. The standard InChI is InChI=1S/C17H14N2O8S2/c1-11(21)19-15-7-5-13(17(9-15)29(25,26)27)3-2-12-4-6-14(18-10-20)8-16(12)28(22,23)24/h2-9H,1H3,(H,19,21)(H,22,23,24)(H,25,26,27)/b3-2+. The van der Waals surface area contributed by atoms with Gasteiger partial charge in [-0.3, -0.25) is 13.9 Å². The molecule has 0 saturated carbocycles. The molecule has 0 saturated heterocycles. The number of anilines is 1. The van der Waals surface area contributed by atoms with Crippen LogP contribution in [0.2, 0.25) is 0 Å². The molecule has 1 amide bonds. The maximum Gasteiger partial charge on any atom is 0.295 e. The predicted molar refractivity (Wildman–Crippen MR) is 104 cm³/mol. The van der Waals surface area contributed by atoms with E-state index >= 15 is 0 Å². The van der Waals surface area contributed by atoms with Gasteiger partial charge in [0.1, 0.15) is 9.79 Å². The molecule has 0 aliphatic heterocycles. The lowest BCUT2D eigenvalue weighted by Gasteiger charge is -2.08. The van der Waals surface area contributed by atoms with Crippen molar-refractivity contribution in [2.45, 2.75) is 16.7 Å². The van der Waals surface area contributed by atoms with Crippen LogP contribution >= 0.6 is 0 Å². The number of rotatable bonds is 6. The van der Waals surface area contributed by atoms with Crippen molar-refractivity contribution < 1.29 is 35.5 Å². The molecule has 0 fully saturated rings. The second kappa shape index (κ2) is 8.47. The Balaban J connectivity index is 2.59. The zero-order chi connectivity index (χ0) is 21.8. The van der Waals surface area contributed by atoms with Crippen LogP contribution in [0.1, 0.15) is 18.1 Å². The molecule has 12 heteroatoms. The number of nitrogens with zero attached hydrogens (tertiary/aromatic N) is 1. The van der Waals surface area contributed by atoms with Crippen LogP contribution < -0.4 is 5.32 Å². The molecule has 0 spiro atoms.